The van der Waals surface area contributed by atoms with Crippen molar-refractivity contribution in [3.63, 3.8) is 0 Å². The molecule has 0 saturated heterocycles. The number of thioether (sulfide) groups is 1. The summed E-state index contributed by atoms with van der Waals surface area (Å²) in [6.07, 6.45) is 0.933. The molecule has 2 atom stereocenters. The average molecular weight is 358 g/mol. The van der Waals surface area contributed by atoms with Crippen molar-refractivity contribution in [3.05, 3.63) is 39.3 Å². The maximum atomic E-state index is 6.27. The van der Waals surface area contributed by atoms with Crippen LogP contribution in [0.4, 0.5) is 0 Å². The monoisotopic (exact) mass is 357 g/mol. The van der Waals surface area contributed by atoms with Crippen LogP contribution in [0.5, 0.6) is 0 Å². The maximum Gasteiger partial charge on any atom is 0.174 e. The molecule has 0 saturated carbocycles. The van der Waals surface area contributed by atoms with Gasteiger partial charge >= 0.3 is 0 Å². The zero-order valence-electron chi connectivity index (χ0n) is 10.8. The van der Waals surface area contributed by atoms with Crippen LogP contribution in [0.2, 0.25) is 0 Å². The van der Waals surface area contributed by atoms with Crippen molar-refractivity contribution in [1.29, 1.82) is 0 Å². The van der Waals surface area contributed by atoms with Gasteiger partial charge in [-0.3, -0.25) is 0 Å². The van der Waals surface area contributed by atoms with E-state index in [9.17, 15) is 0 Å². The van der Waals surface area contributed by atoms with E-state index < -0.39 is 0 Å². The Labute approximate surface area is 130 Å². The molecule has 0 fully saturated rings. The highest BCUT2D eigenvalue weighted by Crippen LogP contribution is 2.39. The molecule has 2 unspecified atom stereocenters. The third kappa shape index (κ3) is 4.02. The second-order valence-electron chi connectivity index (χ2n) is 4.25. The summed E-state index contributed by atoms with van der Waals surface area (Å²) in [6.45, 7) is 4.08. The fourth-order valence-electron chi connectivity index (χ4n) is 1.73. The van der Waals surface area contributed by atoms with E-state index >= 15 is 0 Å². The first-order valence-electron chi connectivity index (χ1n) is 6.08. The van der Waals surface area contributed by atoms with E-state index in [1.165, 1.54) is 5.56 Å². The van der Waals surface area contributed by atoms with Crippen LogP contribution in [0.1, 0.15) is 29.2 Å². The summed E-state index contributed by atoms with van der Waals surface area (Å²) < 4.78 is 2.05. The molecule has 2 aromatic rings. The molecule has 0 aliphatic carbocycles. The highest BCUT2D eigenvalue weighted by Gasteiger charge is 2.21. The van der Waals surface area contributed by atoms with Crippen LogP contribution in [0.3, 0.4) is 0 Å². The Hall–Kier alpha value is -0.430. The van der Waals surface area contributed by atoms with E-state index in [2.05, 4.69) is 45.2 Å². The van der Waals surface area contributed by atoms with Gasteiger partial charge in [0.25, 0.3) is 0 Å². The number of hydrogen-bond donors (Lipinski definition) is 1. The minimum Gasteiger partial charge on any atom is -0.326 e. The average Bonchev–Trinajstić information content (AvgIpc) is 2.80. The number of aromatic nitrogens is 2. The second kappa shape index (κ2) is 6.83. The number of hydrogen-bond acceptors (Lipinski definition) is 5. The molecule has 0 radical (unpaired) electrons. The van der Waals surface area contributed by atoms with Crippen molar-refractivity contribution >= 4 is 39.0 Å². The van der Waals surface area contributed by atoms with Gasteiger partial charge in [-0.05, 0) is 31.0 Å². The lowest BCUT2D eigenvalue weighted by Gasteiger charge is -2.21. The Balaban J connectivity index is 2.25. The third-order valence-corrected chi connectivity index (χ3v) is 5.60. The summed E-state index contributed by atoms with van der Waals surface area (Å²) >= 11 is 6.83. The quantitative estimate of drug-likeness (QED) is 0.815. The summed E-state index contributed by atoms with van der Waals surface area (Å²) in [5.74, 6) is 0. The number of nitrogens with two attached hydrogens (primary N) is 1. The topological polar surface area (TPSA) is 51.8 Å². The normalized spacial score (nSPS) is 14.3. The zero-order valence-corrected chi connectivity index (χ0v) is 14.1. The standard InChI is InChI=1S/C13H16BrN3S2/c1-3-11(15)12(9-5-4-6-10(14)7-9)19-13-17-16-8(2)18-13/h4-7,11-12H,3,15H2,1-2H3. The molecule has 3 nitrogen and oxygen atoms in total. The van der Waals surface area contributed by atoms with Gasteiger partial charge in [-0.25, -0.2) is 0 Å². The van der Waals surface area contributed by atoms with Crippen LogP contribution >= 0.6 is 39.0 Å². The molecule has 1 heterocycles. The summed E-state index contributed by atoms with van der Waals surface area (Å²) in [5, 5.41) is 9.44. The summed E-state index contributed by atoms with van der Waals surface area (Å²) in [5.41, 5.74) is 7.50. The Morgan fingerprint density at radius 3 is 2.79 bits per heavy atom. The van der Waals surface area contributed by atoms with Gasteiger partial charge in [0, 0.05) is 10.5 Å². The molecule has 0 bridgehead atoms. The molecule has 0 amide bonds. The first-order valence-corrected chi connectivity index (χ1v) is 8.57. The fourth-order valence-corrected chi connectivity index (χ4v) is 4.39. The SMILES string of the molecule is CCC(N)C(Sc1nnc(C)s1)c1cccc(Br)c1. The fraction of sp³-hybridized carbons (Fsp3) is 0.385. The maximum absolute atomic E-state index is 6.27. The molecule has 2 rings (SSSR count). The molecule has 0 spiro atoms. The highest BCUT2D eigenvalue weighted by molar-refractivity contribution is 9.10. The van der Waals surface area contributed by atoms with Crippen LogP contribution in [0, 0.1) is 6.92 Å². The van der Waals surface area contributed by atoms with Crippen molar-refractivity contribution < 1.29 is 0 Å². The van der Waals surface area contributed by atoms with Gasteiger partial charge in [-0.1, -0.05) is 58.1 Å². The zero-order chi connectivity index (χ0) is 13.8. The van der Waals surface area contributed by atoms with Crippen LogP contribution < -0.4 is 5.73 Å². The predicted octanol–water partition coefficient (Wildman–Crippen LogP) is 4.18. The minimum absolute atomic E-state index is 0.100. The number of rotatable bonds is 5. The number of nitrogens with zero attached hydrogens (tertiary/aromatic N) is 2. The van der Waals surface area contributed by atoms with Gasteiger partial charge in [0.05, 0.1) is 5.25 Å². The van der Waals surface area contributed by atoms with Gasteiger partial charge in [-0.2, -0.15) is 0 Å². The smallest absolute Gasteiger partial charge is 0.174 e. The number of aryl methyl sites for hydroxylation is 1. The molecule has 0 aliphatic rings. The van der Waals surface area contributed by atoms with Gasteiger partial charge < -0.3 is 5.73 Å². The summed E-state index contributed by atoms with van der Waals surface area (Å²) in [4.78, 5) is 0. The summed E-state index contributed by atoms with van der Waals surface area (Å²) in [7, 11) is 0. The second-order valence-corrected chi connectivity index (χ2v) is 7.74. The first kappa shape index (κ1) is 15.0. The molecule has 6 heteroatoms. The van der Waals surface area contributed by atoms with Crippen LogP contribution in [-0.2, 0) is 0 Å². The Morgan fingerprint density at radius 2 is 2.21 bits per heavy atom. The first-order chi connectivity index (χ1) is 9.10. The third-order valence-electron chi connectivity index (χ3n) is 2.77. The van der Waals surface area contributed by atoms with E-state index in [4.69, 9.17) is 5.73 Å². The molecule has 19 heavy (non-hydrogen) atoms. The number of benzene rings is 1. The van der Waals surface area contributed by atoms with Crippen LogP contribution in [0.15, 0.2) is 33.1 Å². The lowest BCUT2D eigenvalue weighted by atomic mass is 10.0. The van der Waals surface area contributed by atoms with E-state index in [1.807, 2.05) is 19.1 Å². The van der Waals surface area contributed by atoms with Gasteiger partial charge in [0.1, 0.15) is 5.01 Å². The highest BCUT2D eigenvalue weighted by atomic mass is 79.9. The molecule has 1 aromatic carbocycles. The Morgan fingerprint density at radius 1 is 1.42 bits per heavy atom. The Bertz CT molecular complexity index is 544. The van der Waals surface area contributed by atoms with Gasteiger partial charge in [0.2, 0.25) is 0 Å². The van der Waals surface area contributed by atoms with E-state index in [1.54, 1.807) is 23.1 Å². The summed E-state index contributed by atoms with van der Waals surface area (Å²) in [6, 6.07) is 8.41. The minimum atomic E-state index is 0.100. The van der Waals surface area contributed by atoms with Crippen molar-refractivity contribution in [2.24, 2.45) is 5.73 Å². The lowest BCUT2D eigenvalue weighted by Crippen LogP contribution is -2.25. The van der Waals surface area contributed by atoms with Crippen molar-refractivity contribution in [2.75, 3.05) is 0 Å². The van der Waals surface area contributed by atoms with Crippen molar-refractivity contribution in [2.45, 2.75) is 35.9 Å². The van der Waals surface area contributed by atoms with Crippen LogP contribution in [0.25, 0.3) is 0 Å². The molecule has 0 aliphatic heterocycles. The van der Waals surface area contributed by atoms with E-state index in [-0.39, 0.29) is 11.3 Å². The predicted molar refractivity (Wildman–Crippen MR) is 85.7 cm³/mol. The Kier molecular flexibility index (Phi) is 5.38. The molecule has 102 valence electrons. The van der Waals surface area contributed by atoms with Crippen molar-refractivity contribution in [1.82, 2.24) is 10.2 Å². The van der Waals surface area contributed by atoms with Gasteiger partial charge in [0.15, 0.2) is 4.34 Å². The lowest BCUT2D eigenvalue weighted by molar-refractivity contribution is 0.633. The molecule has 1 aromatic heterocycles. The van der Waals surface area contributed by atoms with E-state index in [0.717, 1.165) is 20.2 Å². The number of halogens is 1. The molecule has 2 N–H and O–H groups in total. The van der Waals surface area contributed by atoms with Gasteiger partial charge in [-0.15, -0.1) is 10.2 Å². The van der Waals surface area contributed by atoms with Crippen molar-refractivity contribution in [3.8, 4) is 0 Å². The molecular formula is C13H16BrN3S2. The van der Waals surface area contributed by atoms with E-state index in [0.29, 0.717) is 0 Å². The largest absolute Gasteiger partial charge is 0.326 e. The van der Waals surface area contributed by atoms with Crippen LogP contribution in [-0.4, -0.2) is 16.2 Å². The molecular weight excluding hydrogens is 342 g/mol.